The van der Waals surface area contributed by atoms with Crippen LogP contribution in [0.4, 0.5) is 0 Å². The van der Waals surface area contributed by atoms with Gasteiger partial charge in [0.15, 0.2) is 15.8 Å². The molecule has 6 nitrogen and oxygen atoms in total. The lowest BCUT2D eigenvalue weighted by atomic mass is 10.0. The molecular formula is C18H30IN3O3S. The van der Waals surface area contributed by atoms with Crippen LogP contribution in [0.3, 0.4) is 0 Å². The van der Waals surface area contributed by atoms with E-state index in [0.717, 1.165) is 50.5 Å². The molecule has 0 saturated carbocycles. The van der Waals surface area contributed by atoms with Gasteiger partial charge in [0.25, 0.3) is 0 Å². The predicted molar refractivity (Wildman–Crippen MR) is 116 cm³/mol. The number of halogens is 1. The standard InChI is InChI=1S/C18H29N3O3S.HI/c1-4-19-17(21-14-18(2)11-5-13-24-18)20-12-10-15-6-8-16(9-7-15)25(3,22)23;/h6-9H,4-5,10-14H2,1-3H3,(H2,19,20,21);1H. The molecule has 1 saturated heterocycles. The van der Waals surface area contributed by atoms with E-state index in [1.165, 1.54) is 6.26 Å². The molecule has 1 fully saturated rings. The van der Waals surface area contributed by atoms with Crippen molar-refractivity contribution in [1.82, 2.24) is 10.6 Å². The Morgan fingerprint density at radius 1 is 1.27 bits per heavy atom. The first-order valence-corrected chi connectivity index (χ1v) is 10.7. The van der Waals surface area contributed by atoms with Gasteiger partial charge in [-0.05, 0) is 50.8 Å². The predicted octanol–water partition coefficient (Wildman–Crippen LogP) is 2.37. The summed E-state index contributed by atoms with van der Waals surface area (Å²) in [5.41, 5.74) is 0.936. The molecule has 2 N–H and O–H groups in total. The normalized spacial score (nSPS) is 20.5. The first-order valence-electron chi connectivity index (χ1n) is 8.77. The van der Waals surface area contributed by atoms with Crippen LogP contribution in [0, 0.1) is 0 Å². The maximum absolute atomic E-state index is 11.5. The minimum Gasteiger partial charge on any atom is -0.373 e. The second kappa shape index (κ2) is 10.5. The Kier molecular flexibility index (Phi) is 9.32. The minimum atomic E-state index is -3.14. The lowest BCUT2D eigenvalue weighted by molar-refractivity contribution is 0.0283. The Morgan fingerprint density at radius 3 is 2.50 bits per heavy atom. The first kappa shape index (κ1) is 23.2. The topological polar surface area (TPSA) is 79.8 Å². The SMILES string of the molecule is CCNC(=NCC1(C)CCCO1)NCCc1ccc(S(C)(=O)=O)cc1.I. The number of hydrogen-bond donors (Lipinski definition) is 2. The maximum Gasteiger partial charge on any atom is 0.191 e. The molecule has 0 amide bonds. The molecule has 1 unspecified atom stereocenters. The third-order valence-electron chi connectivity index (χ3n) is 4.27. The van der Waals surface area contributed by atoms with Gasteiger partial charge in [-0.15, -0.1) is 24.0 Å². The van der Waals surface area contributed by atoms with Crippen LogP contribution in [0.5, 0.6) is 0 Å². The number of aliphatic imine (C=N–C) groups is 1. The molecule has 1 aromatic carbocycles. The number of guanidine groups is 1. The highest BCUT2D eigenvalue weighted by Gasteiger charge is 2.29. The van der Waals surface area contributed by atoms with E-state index >= 15 is 0 Å². The van der Waals surface area contributed by atoms with Crippen LogP contribution in [0.15, 0.2) is 34.2 Å². The highest BCUT2D eigenvalue weighted by Crippen LogP contribution is 2.24. The van der Waals surface area contributed by atoms with E-state index in [1.54, 1.807) is 12.1 Å². The largest absolute Gasteiger partial charge is 0.373 e. The van der Waals surface area contributed by atoms with Gasteiger partial charge in [-0.2, -0.15) is 0 Å². The summed E-state index contributed by atoms with van der Waals surface area (Å²) in [4.78, 5) is 4.99. The number of nitrogens with zero attached hydrogens (tertiary/aromatic N) is 1. The average molecular weight is 495 g/mol. The first-order chi connectivity index (χ1) is 11.8. The van der Waals surface area contributed by atoms with Gasteiger partial charge < -0.3 is 15.4 Å². The Bertz CT molecular complexity index is 684. The summed E-state index contributed by atoms with van der Waals surface area (Å²) >= 11 is 0. The van der Waals surface area contributed by atoms with Crippen LogP contribution < -0.4 is 10.6 Å². The quantitative estimate of drug-likeness (QED) is 0.345. The summed E-state index contributed by atoms with van der Waals surface area (Å²) in [6.07, 6.45) is 4.15. The third-order valence-corrected chi connectivity index (χ3v) is 5.40. The molecule has 0 spiro atoms. The monoisotopic (exact) mass is 495 g/mol. The van der Waals surface area contributed by atoms with E-state index in [2.05, 4.69) is 22.5 Å². The third kappa shape index (κ3) is 7.40. The summed E-state index contributed by atoms with van der Waals surface area (Å²) in [5, 5.41) is 6.56. The van der Waals surface area contributed by atoms with Crippen LogP contribution in [-0.2, 0) is 21.0 Å². The fourth-order valence-corrected chi connectivity index (χ4v) is 3.41. The summed E-state index contributed by atoms with van der Waals surface area (Å²) in [5.74, 6) is 0.784. The molecule has 1 aliphatic heterocycles. The van der Waals surface area contributed by atoms with Crippen molar-refractivity contribution in [3.8, 4) is 0 Å². The van der Waals surface area contributed by atoms with Crippen molar-refractivity contribution in [1.29, 1.82) is 0 Å². The molecule has 26 heavy (non-hydrogen) atoms. The maximum atomic E-state index is 11.5. The van der Waals surface area contributed by atoms with Crippen molar-refractivity contribution in [3.05, 3.63) is 29.8 Å². The van der Waals surface area contributed by atoms with Crippen LogP contribution >= 0.6 is 24.0 Å². The fourth-order valence-electron chi connectivity index (χ4n) is 2.78. The zero-order chi connectivity index (χ0) is 18.3. The molecule has 1 atom stereocenters. The van der Waals surface area contributed by atoms with E-state index in [1.807, 2.05) is 19.1 Å². The van der Waals surface area contributed by atoms with E-state index in [9.17, 15) is 8.42 Å². The molecule has 1 aromatic rings. The molecular weight excluding hydrogens is 465 g/mol. The van der Waals surface area contributed by atoms with Crippen molar-refractivity contribution in [2.75, 3.05) is 32.5 Å². The zero-order valence-corrected chi connectivity index (χ0v) is 18.9. The van der Waals surface area contributed by atoms with Crippen molar-refractivity contribution >= 4 is 39.8 Å². The van der Waals surface area contributed by atoms with Gasteiger partial charge >= 0.3 is 0 Å². The van der Waals surface area contributed by atoms with Crippen molar-refractivity contribution < 1.29 is 13.2 Å². The molecule has 1 heterocycles. The number of nitrogens with one attached hydrogen (secondary N) is 2. The van der Waals surface area contributed by atoms with Crippen LogP contribution in [0.1, 0.15) is 32.3 Å². The molecule has 2 rings (SSSR count). The number of hydrogen-bond acceptors (Lipinski definition) is 4. The van der Waals surface area contributed by atoms with Gasteiger partial charge in [0.05, 0.1) is 17.0 Å². The average Bonchev–Trinajstić information content (AvgIpc) is 2.99. The molecule has 0 radical (unpaired) electrons. The van der Waals surface area contributed by atoms with Gasteiger partial charge in [0.1, 0.15) is 0 Å². The van der Waals surface area contributed by atoms with E-state index in [4.69, 9.17) is 4.74 Å². The van der Waals surface area contributed by atoms with E-state index in [0.29, 0.717) is 11.4 Å². The van der Waals surface area contributed by atoms with Crippen LogP contribution in [0.2, 0.25) is 0 Å². The van der Waals surface area contributed by atoms with Gasteiger partial charge in [-0.1, -0.05) is 12.1 Å². The van der Waals surface area contributed by atoms with Crippen molar-refractivity contribution in [2.45, 2.75) is 43.6 Å². The molecule has 148 valence electrons. The Morgan fingerprint density at radius 2 is 1.96 bits per heavy atom. The fraction of sp³-hybridized carbons (Fsp3) is 0.611. The summed E-state index contributed by atoms with van der Waals surface area (Å²) in [7, 11) is -3.14. The van der Waals surface area contributed by atoms with Crippen molar-refractivity contribution in [2.24, 2.45) is 4.99 Å². The number of rotatable bonds is 7. The number of ether oxygens (including phenoxy) is 1. The molecule has 0 bridgehead atoms. The van der Waals surface area contributed by atoms with Crippen molar-refractivity contribution in [3.63, 3.8) is 0 Å². The zero-order valence-electron chi connectivity index (χ0n) is 15.7. The lowest BCUT2D eigenvalue weighted by Crippen LogP contribution is -2.40. The summed E-state index contributed by atoms with van der Waals surface area (Å²) in [6, 6.07) is 7.02. The van der Waals surface area contributed by atoms with Gasteiger partial charge in [-0.25, -0.2) is 8.42 Å². The highest BCUT2D eigenvalue weighted by molar-refractivity contribution is 14.0. The van der Waals surface area contributed by atoms with Crippen LogP contribution in [0.25, 0.3) is 0 Å². The second-order valence-corrected chi connectivity index (χ2v) is 8.71. The molecule has 1 aliphatic rings. The van der Waals surface area contributed by atoms with Gasteiger partial charge in [0.2, 0.25) is 0 Å². The van der Waals surface area contributed by atoms with E-state index < -0.39 is 9.84 Å². The second-order valence-electron chi connectivity index (χ2n) is 6.69. The Hall–Kier alpha value is -0.870. The molecule has 0 aliphatic carbocycles. The van der Waals surface area contributed by atoms with Gasteiger partial charge in [-0.3, -0.25) is 4.99 Å². The molecule has 8 heteroatoms. The summed E-state index contributed by atoms with van der Waals surface area (Å²) < 4.78 is 28.7. The number of benzene rings is 1. The minimum absolute atomic E-state index is 0. The van der Waals surface area contributed by atoms with Gasteiger partial charge in [0, 0.05) is 26.0 Å². The highest BCUT2D eigenvalue weighted by atomic mass is 127. The lowest BCUT2D eigenvalue weighted by Gasteiger charge is -2.21. The summed E-state index contributed by atoms with van der Waals surface area (Å²) in [6.45, 7) is 7.13. The van der Waals surface area contributed by atoms with Crippen LogP contribution in [-0.4, -0.2) is 52.5 Å². The molecule has 0 aromatic heterocycles. The van der Waals surface area contributed by atoms with E-state index in [-0.39, 0.29) is 29.6 Å². The number of sulfone groups is 1. The Labute approximate surface area is 174 Å². The smallest absolute Gasteiger partial charge is 0.191 e. The Balaban J connectivity index is 0.00000338.